The lowest BCUT2D eigenvalue weighted by molar-refractivity contribution is -0.131. The monoisotopic (exact) mass is 228 g/mol. The van der Waals surface area contributed by atoms with E-state index in [1.165, 1.54) is 0 Å². The van der Waals surface area contributed by atoms with Gasteiger partial charge in [-0.05, 0) is 12.8 Å². The molecule has 0 aliphatic carbocycles. The lowest BCUT2D eigenvalue weighted by atomic mass is 9.87. The highest BCUT2D eigenvalue weighted by Gasteiger charge is 2.50. The summed E-state index contributed by atoms with van der Waals surface area (Å²) in [5.74, 6) is 0.979. The van der Waals surface area contributed by atoms with Crippen LogP contribution >= 0.6 is 11.8 Å². The van der Waals surface area contributed by atoms with Crippen LogP contribution in [0.3, 0.4) is 0 Å². The third kappa shape index (κ3) is 1.48. The number of fused-ring (bicyclic) bond motifs is 2. The first-order chi connectivity index (χ1) is 7.32. The van der Waals surface area contributed by atoms with E-state index in [2.05, 4.69) is 10.2 Å². The van der Waals surface area contributed by atoms with Crippen LogP contribution in [0.15, 0.2) is 0 Å². The molecule has 4 nitrogen and oxygen atoms in total. The van der Waals surface area contributed by atoms with Gasteiger partial charge >= 0.3 is 0 Å². The van der Waals surface area contributed by atoms with Gasteiger partial charge in [0, 0.05) is 26.3 Å². The van der Waals surface area contributed by atoms with Crippen LogP contribution in [0.2, 0.25) is 0 Å². The van der Waals surface area contributed by atoms with Crippen molar-refractivity contribution in [3.05, 3.63) is 0 Å². The number of hydrogen-bond acceptors (Lipinski definition) is 4. The Labute approximate surface area is 93.7 Å². The Balaban J connectivity index is 1.85. The normalized spacial score (nSPS) is 34.5. The van der Waals surface area contributed by atoms with E-state index in [1.54, 1.807) is 11.8 Å². The van der Waals surface area contributed by atoms with Gasteiger partial charge in [-0.15, -0.1) is 11.8 Å². The number of carbonyl (C=O) groups excluding carboxylic acids is 1. The minimum atomic E-state index is 0.132. The van der Waals surface area contributed by atoms with Gasteiger partial charge in [-0.3, -0.25) is 4.79 Å². The second-order valence-corrected chi connectivity index (χ2v) is 5.51. The van der Waals surface area contributed by atoms with Gasteiger partial charge in [-0.2, -0.15) is 0 Å². The lowest BCUT2D eigenvalue weighted by Crippen LogP contribution is -2.66. The van der Waals surface area contributed by atoms with E-state index in [0.717, 1.165) is 39.1 Å². The van der Waals surface area contributed by atoms with Crippen molar-refractivity contribution in [2.24, 2.45) is 0 Å². The molecule has 0 radical (unpaired) electrons. The molecule has 0 saturated carbocycles. The van der Waals surface area contributed by atoms with E-state index in [1.807, 2.05) is 0 Å². The number of hydrogen-bond donors (Lipinski definition) is 1. The largest absolute Gasteiger partial charge is 0.381 e. The summed E-state index contributed by atoms with van der Waals surface area (Å²) in [7, 11) is 0. The highest BCUT2D eigenvalue weighted by molar-refractivity contribution is 8.01. The molecule has 3 fully saturated rings. The fourth-order valence-electron chi connectivity index (χ4n) is 2.83. The first-order valence-electron chi connectivity index (χ1n) is 5.56. The molecular weight excluding hydrogens is 212 g/mol. The molecule has 3 rings (SSSR count). The van der Waals surface area contributed by atoms with Crippen molar-refractivity contribution in [1.82, 2.24) is 10.2 Å². The van der Waals surface area contributed by atoms with E-state index in [4.69, 9.17) is 4.74 Å². The van der Waals surface area contributed by atoms with Crippen molar-refractivity contribution in [1.29, 1.82) is 0 Å². The fraction of sp³-hybridized carbons (Fsp3) is 0.900. The zero-order chi connectivity index (χ0) is 10.3. The molecule has 1 N–H and O–H groups in total. The zero-order valence-electron chi connectivity index (χ0n) is 8.70. The van der Waals surface area contributed by atoms with Crippen LogP contribution < -0.4 is 5.32 Å². The molecule has 0 aromatic rings. The number of nitrogens with one attached hydrogen (secondary N) is 1. The molecule has 0 bridgehead atoms. The van der Waals surface area contributed by atoms with E-state index in [0.29, 0.717) is 17.0 Å². The van der Waals surface area contributed by atoms with Crippen LogP contribution in [0.4, 0.5) is 0 Å². The first-order valence-corrected chi connectivity index (χ1v) is 6.61. The van der Waals surface area contributed by atoms with Gasteiger partial charge in [0.2, 0.25) is 5.91 Å². The molecule has 84 valence electrons. The second kappa shape index (κ2) is 3.64. The fourth-order valence-corrected chi connectivity index (χ4v) is 4.33. The van der Waals surface area contributed by atoms with Crippen LogP contribution in [0.25, 0.3) is 0 Å². The number of ether oxygens (including phenoxy) is 1. The molecule has 1 amide bonds. The Morgan fingerprint density at radius 2 is 2.27 bits per heavy atom. The van der Waals surface area contributed by atoms with Gasteiger partial charge < -0.3 is 15.0 Å². The molecular formula is C10H16N2O2S. The topological polar surface area (TPSA) is 41.6 Å². The average molecular weight is 228 g/mol. The number of carbonyl (C=O) groups is 1. The molecule has 1 atom stereocenters. The van der Waals surface area contributed by atoms with E-state index in [9.17, 15) is 4.79 Å². The molecule has 1 spiro atoms. The van der Waals surface area contributed by atoms with Gasteiger partial charge in [-0.1, -0.05) is 0 Å². The van der Waals surface area contributed by atoms with Crippen LogP contribution in [0.5, 0.6) is 0 Å². The van der Waals surface area contributed by atoms with Gasteiger partial charge in [-0.25, -0.2) is 0 Å². The number of amides is 1. The minimum absolute atomic E-state index is 0.132. The zero-order valence-corrected chi connectivity index (χ0v) is 9.52. The van der Waals surface area contributed by atoms with Crippen molar-refractivity contribution >= 4 is 17.7 Å². The maximum absolute atomic E-state index is 11.7. The molecule has 15 heavy (non-hydrogen) atoms. The summed E-state index contributed by atoms with van der Waals surface area (Å²) in [5.41, 5.74) is 0.132. The number of thioether (sulfide) groups is 1. The summed E-state index contributed by atoms with van der Waals surface area (Å²) < 4.78 is 5.42. The second-order valence-electron chi connectivity index (χ2n) is 4.45. The molecule has 3 heterocycles. The van der Waals surface area contributed by atoms with Crippen molar-refractivity contribution in [3.8, 4) is 0 Å². The van der Waals surface area contributed by atoms with Crippen molar-refractivity contribution in [3.63, 3.8) is 0 Å². The Kier molecular flexibility index (Phi) is 2.41. The van der Waals surface area contributed by atoms with Crippen molar-refractivity contribution < 1.29 is 9.53 Å². The lowest BCUT2D eigenvalue weighted by Gasteiger charge is -2.49. The molecule has 3 saturated heterocycles. The Morgan fingerprint density at radius 3 is 3.07 bits per heavy atom. The molecule has 3 aliphatic rings. The molecule has 5 heteroatoms. The smallest absolute Gasteiger partial charge is 0.233 e. The third-order valence-corrected chi connectivity index (χ3v) is 5.09. The Hall–Kier alpha value is -0.260. The highest BCUT2D eigenvalue weighted by atomic mass is 32.2. The highest BCUT2D eigenvalue weighted by Crippen LogP contribution is 2.40. The maximum Gasteiger partial charge on any atom is 0.233 e. The standard InChI is InChI=1S/C10H16N2O2S/c13-8-7-15-9-10(1-5-14-6-2-10)11-3-4-12(8)9/h9,11H,1-7H2. The van der Waals surface area contributed by atoms with Gasteiger partial charge in [0.1, 0.15) is 0 Å². The summed E-state index contributed by atoms with van der Waals surface area (Å²) >= 11 is 1.80. The van der Waals surface area contributed by atoms with Crippen LogP contribution in [0.1, 0.15) is 12.8 Å². The maximum atomic E-state index is 11.7. The van der Waals surface area contributed by atoms with Crippen LogP contribution in [0, 0.1) is 0 Å². The van der Waals surface area contributed by atoms with E-state index < -0.39 is 0 Å². The number of rotatable bonds is 0. The van der Waals surface area contributed by atoms with Crippen LogP contribution in [-0.2, 0) is 9.53 Å². The van der Waals surface area contributed by atoms with Gasteiger partial charge in [0.25, 0.3) is 0 Å². The summed E-state index contributed by atoms with van der Waals surface area (Å²) in [6.45, 7) is 3.46. The molecule has 3 aliphatic heterocycles. The Morgan fingerprint density at radius 1 is 1.47 bits per heavy atom. The van der Waals surface area contributed by atoms with Gasteiger partial charge in [0.15, 0.2) is 0 Å². The predicted octanol–water partition coefficient (Wildman–Crippen LogP) is 0.0403. The quantitative estimate of drug-likeness (QED) is 0.635. The summed E-state index contributed by atoms with van der Waals surface area (Å²) in [5, 5.41) is 3.98. The number of nitrogens with zero attached hydrogens (tertiary/aromatic N) is 1. The minimum Gasteiger partial charge on any atom is -0.381 e. The van der Waals surface area contributed by atoms with Gasteiger partial charge in [0.05, 0.1) is 16.7 Å². The van der Waals surface area contributed by atoms with E-state index in [-0.39, 0.29) is 5.54 Å². The van der Waals surface area contributed by atoms with Crippen LogP contribution in [-0.4, -0.2) is 53.8 Å². The van der Waals surface area contributed by atoms with E-state index >= 15 is 0 Å². The SMILES string of the molecule is O=C1CSC2N1CCNC21CCOCC1. The predicted molar refractivity (Wildman–Crippen MR) is 58.7 cm³/mol. The van der Waals surface area contributed by atoms with Crippen molar-refractivity contribution in [2.75, 3.05) is 32.1 Å². The number of piperazine rings is 1. The average Bonchev–Trinajstić information content (AvgIpc) is 2.64. The summed E-state index contributed by atoms with van der Waals surface area (Å²) in [4.78, 5) is 13.7. The third-order valence-electron chi connectivity index (χ3n) is 3.66. The molecule has 0 aromatic heterocycles. The molecule has 1 unspecified atom stereocenters. The van der Waals surface area contributed by atoms with Crippen molar-refractivity contribution in [2.45, 2.75) is 23.8 Å². The summed E-state index contributed by atoms with van der Waals surface area (Å²) in [6.07, 6.45) is 2.07. The first kappa shape index (κ1) is 9.93. The summed E-state index contributed by atoms with van der Waals surface area (Å²) in [6, 6.07) is 0. The Bertz CT molecular complexity index is 273. The molecule has 0 aromatic carbocycles.